The molecule has 24 heavy (non-hydrogen) atoms. The topological polar surface area (TPSA) is 41.6 Å². The number of carbonyl (C=O) groups excluding carboxylic acids is 1. The van der Waals surface area contributed by atoms with Crippen molar-refractivity contribution in [3.05, 3.63) is 59.9 Å². The van der Waals surface area contributed by atoms with E-state index >= 15 is 0 Å². The zero-order valence-corrected chi connectivity index (χ0v) is 14.5. The molecular formula is C19H23FN2O2. The van der Waals surface area contributed by atoms with Gasteiger partial charge in [-0.05, 0) is 69.9 Å². The molecule has 2 aromatic rings. The second-order valence-electron chi connectivity index (χ2n) is 6.46. The second kappa shape index (κ2) is 7.45. The van der Waals surface area contributed by atoms with Crippen LogP contribution in [0.3, 0.4) is 0 Å². The number of benzene rings is 2. The number of hydrogen-bond donors (Lipinski definition) is 1. The van der Waals surface area contributed by atoms with Gasteiger partial charge in [0, 0.05) is 12.2 Å². The van der Waals surface area contributed by atoms with Crippen molar-refractivity contribution in [2.75, 3.05) is 19.4 Å². The van der Waals surface area contributed by atoms with E-state index < -0.39 is 5.60 Å². The highest BCUT2D eigenvalue weighted by Crippen LogP contribution is 2.21. The fourth-order valence-corrected chi connectivity index (χ4v) is 2.24. The van der Waals surface area contributed by atoms with Crippen molar-refractivity contribution in [1.82, 2.24) is 4.90 Å². The minimum Gasteiger partial charge on any atom is -0.478 e. The summed E-state index contributed by atoms with van der Waals surface area (Å²) in [6.07, 6.45) is 0. The number of rotatable bonds is 6. The van der Waals surface area contributed by atoms with Gasteiger partial charge in [0.05, 0.1) is 0 Å². The smallest absolute Gasteiger partial charge is 0.267 e. The number of amides is 1. The molecule has 0 aliphatic heterocycles. The Labute approximate surface area is 142 Å². The van der Waals surface area contributed by atoms with Gasteiger partial charge in [0.1, 0.15) is 11.6 Å². The number of ether oxygens (including phenoxy) is 1. The lowest BCUT2D eigenvalue weighted by atomic mass is 10.1. The number of halogens is 1. The quantitative estimate of drug-likeness (QED) is 0.878. The molecule has 0 aromatic heterocycles. The van der Waals surface area contributed by atoms with Crippen LogP contribution in [0, 0.1) is 5.82 Å². The first-order valence-electron chi connectivity index (χ1n) is 7.76. The van der Waals surface area contributed by atoms with Crippen LogP contribution >= 0.6 is 0 Å². The van der Waals surface area contributed by atoms with Crippen molar-refractivity contribution in [3.63, 3.8) is 0 Å². The van der Waals surface area contributed by atoms with E-state index in [0.29, 0.717) is 5.75 Å². The molecule has 5 heteroatoms. The van der Waals surface area contributed by atoms with Crippen LogP contribution in [0.2, 0.25) is 0 Å². The third kappa shape index (κ3) is 5.06. The molecule has 128 valence electrons. The van der Waals surface area contributed by atoms with Gasteiger partial charge in [0.15, 0.2) is 5.60 Å². The van der Waals surface area contributed by atoms with Crippen LogP contribution < -0.4 is 10.1 Å². The van der Waals surface area contributed by atoms with Crippen LogP contribution in [0.1, 0.15) is 19.4 Å². The Balaban J connectivity index is 2.06. The number of nitrogens with one attached hydrogen (secondary N) is 1. The SMILES string of the molecule is CN(C)Cc1cccc(NC(=O)C(C)(C)Oc2ccc(F)cc2)c1. The molecule has 0 saturated carbocycles. The second-order valence-corrected chi connectivity index (χ2v) is 6.46. The molecule has 0 radical (unpaired) electrons. The molecule has 1 N–H and O–H groups in total. The summed E-state index contributed by atoms with van der Waals surface area (Å²) in [6.45, 7) is 4.14. The molecule has 0 aliphatic carbocycles. The Morgan fingerprint density at radius 3 is 2.46 bits per heavy atom. The Kier molecular flexibility index (Phi) is 5.57. The molecule has 0 fully saturated rings. The standard InChI is InChI=1S/C19H23FN2O2/c1-19(2,24-17-10-8-15(20)9-11-17)18(23)21-16-7-5-6-14(12-16)13-22(3)4/h5-12H,13H2,1-4H3,(H,21,23). The third-order valence-corrected chi connectivity index (χ3v) is 3.42. The fraction of sp³-hybridized carbons (Fsp3) is 0.316. The maximum Gasteiger partial charge on any atom is 0.267 e. The first-order valence-corrected chi connectivity index (χ1v) is 7.76. The molecule has 0 spiro atoms. The minimum absolute atomic E-state index is 0.270. The largest absolute Gasteiger partial charge is 0.478 e. The predicted molar refractivity (Wildman–Crippen MR) is 93.6 cm³/mol. The zero-order chi connectivity index (χ0) is 17.7. The molecule has 0 aliphatic rings. The lowest BCUT2D eigenvalue weighted by Gasteiger charge is -2.25. The molecular weight excluding hydrogens is 307 g/mol. The molecule has 2 aromatic carbocycles. The van der Waals surface area contributed by atoms with Gasteiger partial charge in [-0.15, -0.1) is 0 Å². The van der Waals surface area contributed by atoms with Crippen molar-refractivity contribution < 1.29 is 13.9 Å². The summed E-state index contributed by atoms with van der Waals surface area (Å²) in [5, 5.41) is 2.87. The number of carbonyl (C=O) groups is 1. The average Bonchev–Trinajstić information content (AvgIpc) is 2.49. The van der Waals surface area contributed by atoms with Crippen molar-refractivity contribution in [3.8, 4) is 5.75 Å². The van der Waals surface area contributed by atoms with Gasteiger partial charge >= 0.3 is 0 Å². The average molecular weight is 330 g/mol. The molecule has 2 rings (SSSR count). The van der Waals surface area contributed by atoms with Gasteiger partial charge < -0.3 is 15.0 Å². The van der Waals surface area contributed by atoms with Gasteiger partial charge in [-0.1, -0.05) is 12.1 Å². The Bertz CT molecular complexity index is 697. The van der Waals surface area contributed by atoms with Crippen LogP contribution in [0.25, 0.3) is 0 Å². The molecule has 0 atom stereocenters. The molecule has 0 heterocycles. The van der Waals surface area contributed by atoms with Crippen molar-refractivity contribution in [1.29, 1.82) is 0 Å². The Morgan fingerprint density at radius 1 is 1.17 bits per heavy atom. The maximum atomic E-state index is 13.0. The van der Waals surface area contributed by atoms with Crippen LogP contribution in [-0.2, 0) is 11.3 Å². The lowest BCUT2D eigenvalue weighted by Crippen LogP contribution is -2.42. The van der Waals surface area contributed by atoms with E-state index in [2.05, 4.69) is 10.2 Å². The van der Waals surface area contributed by atoms with E-state index in [1.54, 1.807) is 13.8 Å². The summed E-state index contributed by atoms with van der Waals surface area (Å²) in [7, 11) is 3.98. The normalized spacial score (nSPS) is 11.4. The van der Waals surface area contributed by atoms with Gasteiger partial charge in [-0.25, -0.2) is 4.39 Å². The molecule has 1 amide bonds. The molecule has 0 unspecified atom stereocenters. The van der Waals surface area contributed by atoms with E-state index in [4.69, 9.17) is 4.74 Å². The van der Waals surface area contributed by atoms with Crippen molar-refractivity contribution in [2.24, 2.45) is 0 Å². The summed E-state index contributed by atoms with van der Waals surface area (Å²) in [5.41, 5.74) is 0.736. The first kappa shape index (κ1) is 17.9. The van der Waals surface area contributed by atoms with Gasteiger partial charge in [-0.3, -0.25) is 4.79 Å². The predicted octanol–water partition coefficient (Wildman–Crippen LogP) is 3.68. The van der Waals surface area contributed by atoms with Crippen LogP contribution in [0.5, 0.6) is 5.75 Å². The Hall–Kier alpha value is -2.40. The lowest BCUT2D eigenvalue weighted by molar-refractivity contribution is -0.128. The number of anilines is 1. The highest BCUT2D eigenvalue weighted by molar-refractivity contribution is 5.97. The maximum absolute atomic E-state index is 13.0. The van der Waals surface area contributed by atoms with E-state index in [1.165, 1.54) is 24.3 Å². The molecule has 0 saturated heterocycles. The summed E-state index contributed by atoms with van der Waals surface area (Å²) in [6, 6.07) is 13.3. The monoisotopic (exact) mass is 330 g/mol. The highest BCUT2D eigenvalue weighted by atomic mass is 19.1. The highest BCUT2D eigenvalue weighted by Gasteiger charge is 2.30. The molecule has 0 bridgehead atoms. The third-order valence-electron chi connectivity index (χ3n) is 3.42. The van der Waals surface area contributed by atoms with Crippen LogP contribution in [0.4, 0.5) is 10.1 Å². The van der Waals surface area contributed by atoms with E-state index in [0.717, 1.165) is 17.8 Å². The van der Waals surface area contributed by atoms with Crippen molar-refractivity contribution in [2.45, 2.75) is 26.0 Å². The first-order chi connectivity index (χ1) is 11.3. The zero-order valence-electron chi connectivity index (χ0n) is 14.5. The number of hydrogen-bond acceptors (Lipinski definition) is 3. The molecule has 4 nitrogen and oxygen atoms in total. The van der Waals surface area contributed by atoms with E-state index in [1.807, 2.05) is 38.4 Å². The Morgan fingerprint density at radius 2 is 1.83 bits per heavy atom. The van der Waals surface area contributed by atoms with Crippen LogP contribution in [-0.4, -0.2) is 30.5 Å². The van der Waals surface area contributed by atoms with Crippen molar-refractivity contribution >= 4 is 11.6 Å². The van der Waals surface area contributed by atoms with Gasteiger partial charge in [0.2, 0.25) is 0 Å². The summed E-state index contributed by atoms with van der Waals surface area (Å²) in [5.74, 6) is -0.172. The minimum atomic E-state index is -1.09. The van der Waals surface area contributed by atoms with E-state index in [-0.39, 0.29) is 11.7 Å². The summed E-state index contributed by atoms with van der Waals surface area (Å²) in [4.78, 5) is 14.6. The van der Waals surface area contributed by atoms with Crippen LogP contribution in [0.15, 0.2) is 48.5 Å². The summed E-state index contributed by atoms with van der Waals surface area (Å²) >= 11 is 0. The summed E-state index contributed by atoms with van der Waals surface area (Å²) < 4.78 is 18.7. The van der Waals surface area contributed by atoms with Gasteiger partial charge in [-0.2, -0.15) is 0 Å². The number of nitrogens with zero attached hydrogens (tertiary/aromatic N) is 1. The fourth-order valence-electron chi connectivity index (χ4n) is 2.24. The van der Waals surface area contributed by atoms with E-state index in [9.17, 15) is 9.18 Å². The van der Waals surface area contributed by atoms with Gasteiger partial charge in [0.25, 0.3) is 5.91 Å².